The summed E-state index contributed by atoms with van der Waals surface area (Å²) in [5.41, 5.74) is 1.61. The van der Waals surface area contributed by atoms with Crippen LogP contribution in [0.15, 0.2) is 18.2 Å². The summed E-state index contributed by atoms with van der Waals surface area (Å²) in [6, 6.07) is 5.31. The van der Waals surface area contributed by atoms with E-state index in [0.29, 0.717) is 0 Å². The fraction of sp³-hybridized carbons (Fsp3) is 0.571. The minimum atomic E-state index is -0.458. The third kappa shape index (κ3) is 2.65. The van der Waals surface area contributed by atoms with Crippen molar-refractivity contribution in [2.45, 2.75) is 19.4 Å². The van der Waals surface area contributed by atoms with E-state index in [1.165, 1.54) is 0 Å². The number of benzene rings is 1. The van der Waals surface area contributed by atoms with Crippen molar-refractivity contribution in [2.75, 3.05) is 32.9 Å². The van der Waals surface area contributed by atoms with Crippen molar-refractivity contribution in [3.63, 3.8) is 0 Å². The summed E-state index contributed by atoms with van der Waals surface area (Å²) >= 11 is 0. The summed E-state index contributed by atoms with van der Waals surface area (Å²) in [6.07, 6.45) is 0.764. The van der Waals surface area contributed by atoms with Crippen LogP contribution in [0.1, 0.15) is 24.1 Å². The fourth-order valence-corrected chi connectivity index (χ4v) is 2.54. The van der Waals surface area contributed by atoms with Crippen LogP contribution in [0, 0.1) is 0 Å². The van der Waals surface area contributed by atoms with Crippen LogP contribution in [0.4, 0.5) is 4.39 Å². The predicted octanol–water partition coefficient (Wildman–Crippen LogP) is 1.87. The molecule has 0 radical (unpaired) electrons. The zero-order valence-electron chi connectivity index (χ0n) is 10.8. The van der Waals surface area contributed by atoms with Gasteiger partial charge in [-0.2, -0.15) is 0 Å². The van der Waals surface area contributed by atoms with Gasteiger partial charge < -0.3 is 10.4 Å². The van der Waals surface area contributed by atoms with E-state index in [-0.39, 0.29) is 11.8 Å². The molecule has 18 heavy (non-hydrogen) atoms. The standard InChI is InChI=1S/C14H21FN2O/c1-2-11-4-3-5-12(14(11)18)13(10-15)17-8-6-16-7-9-17/h3-5,13,16,18H,2,6-10H2,1H3/t13-/m1/s1. The second-order valence-corrected chi connectivity index (χ2v) is 4.66. The molecule has 1 fully saturated rings. The third-order valence-electron chi connectivity index (χ3n) is 3.63. The number of hydrogen-bond donors (Lipinski definition) is 2. The van der Waals surface area contributed by atoms with Crippen molar-refractivity contribution in [3.8, 4) is 5.75 Å². The highest BCUT2D eigenvalue weighted by molar-refractivity contribution is 5.42. The largest absolute Gasteiger partial charge is 0.507 e. The molecule has 1 saturated heterocycles. The molecule has 0 spiro atoms. The van der Waals surface area contributed by atoms with Gasteiger partial charge in [0.05, 0.1) is 6.04 Å². The average Bonchev–Trinajstić information content (AvgIpc) is 2.43. The molecular weight excluding hydrogens is 231 g/mol. The van der Waals surface area contributed by atoms with Crippen molar-refractivity contribution in [1.82, 2.24) is 10.2 Å². The molecule has 1 heterocycles. The number of piperazine rings is 1. The number of phenolic OH excluding ortho intramolecular Hbond substituents is 1. The zero-order chi connectivity index (χ0) is 13.0. The van der Waals surface area contributed by atoms with E-state index >= 15 is 0 Å². The van der Waals surface area contributed by atoms with E-state index in [1.54, 1.807) is 0 Å². The van der Waals surface area contributed by atoms with Gasteiger partial charge in [0.15, 0.2) is 0 Å². The van der Waals surface area contributed by atoms with Gasteiger partial charge >= 0.3 is 0 Å². The number of nitrogens with one attached hydrogen (secondary N) is 1. The van der Waals surface area contributed by atoms with Crippen LogP contribution in [0.25, 0.3) is 0 Å². The fourth-order valence-electron chi connectivity index (χ4n) is 2.54. The minimum Gasteiger partial charge on any atom is -0.507 e. The van der Waals surface area contributed by atoms with Crippen molar-refractivity contribution >= 4 is 0 Å². The molecule has 1 aromatic rings. The van der Waals surface area contributed by atoms with Crippen LogP contribution in [-0.2, 0) is 6.42 Å². The topological polar surface area (TPSA) is 35.5 Å². The number of aryl methyl sites for hydroxylation is 1. The third-order valence-corrected chi connectivity index (χ3v) is 3.63. The van der Waals surface area contributed by atoms with E-state index in [1.807, 2.05) is 25.1 Å². The Kier molecular flexibility index (Phi) is 4.55. The molecule has 1 aliphatic heterocycles. The van der Waals surface area contributed by atoms with Gasteiger partial charge in [0.1, 0.15) is 12.4 Å². The summed E-state index contributed by atoms with van der Waals surface area (Å²) in [6.45, 7) is 4.94. The van der Waals surface area contributed by atoms with Crippen LogP contribution >= 0.6 is 0 Å². The monoisotopic (exact) mass is 252 g/mol. The Bertz CT molecular complexity index is 391. The zero-order valence-corrected chi connectivity index (χ0v) is 10.8. The van der Waals surface area contributed by atoms with Gasteiger partial charge in [-0.1, -0.05) is 25.1 Å². The van der Waals surface area contributed by atoms with Crippen LogP contribution in [0.3, 0.4) is 0 Å². The quantitative estimate of drug-likeness (QED) is 0.858. The first-order valence-electron chi connectivity index (χ1n) is 6.59. The normalized spacial score (nSPS) is 18.8. The molecular formula is C14H21FN2O. The highest BCUT2D eigenvalue weighted by atomic mass is 19.1. The maximum absolute atomic E-state index is 13.4. The van der Waals surface area contributed by atoms with E-state index < -0.39 is 6.67 Å². The molecule has 2 N–H and O–H groups in total. The molecule has 2 rings (SSSR count). The van der Waals surface area contributed by atoms with Gasteiger partial charge in [-0.3, -0.25) is 4.90 Å². The Labute approximate surface area is 108 Å². The first-order chi connectivity index (χ1) is 8.77. The average molecular weight is 252 g/mol. The highest BCUT2D eigenvalue weighted by Crippen LogP contribution is 2.32. The van der Waals surface area contributed by atoms with E-state index in [0.717, 1.165) is 43.7 Å². The number of aromatic hydroxyl groups is 1. The summed E-state index contributed by atoms with van der Waals surface area (Å²) in [7, 11) is 0. The van der Waals surface area contributed by atoms with Crippen molar-refractivity contribution in [3.05, 3.63) is 29.3 Å². The Hall–Kier alpha value is -1.13. The highest BCUT2D eigenvalue weighted by Gasteiger charge is 2.24. The molecule has 1 aliphatic rings. The molecule has 0 saturated carbocycles. The summed E-state index contributed by atoms with van der Waals surface area (Å²) < 4.78 is 13.4. The number of phenols is 1. The molecule has 1 aromatic carbocycles. The van der Waals surface area contributed by atoms with Crippen molar-refractivity contribution < 1.29 is 9.50 Å². The lowest BCUT2D eigenvalue weighted by Crippen LogP contribution is -2.45. The van der Waals surface area contributed by atoms with E-state index in [2.05, 4.69) is 10.2 Å². The van der Waals surface area contributed by atoms with Gasteiger partial charge in [0, 0.05) is 31.7 Å². The number of nitrogens with zero attached hydrogens (tertiary/aromatic N) is 1. The maximum atomic E-state index is 13.4. The lowest BCUT2D eigenvalue weighted by molar-refractivity contribution is 0.145. The smallest absolute Gasteiger partial charge is 0.123 e. The predicted molar refractivity (Wildman–Crippen MR) is 70.6 cm³/mol. The van der Waals surface area contributed by atoms with Crippen LogP contribution in [0.2, 0.25) is 0 Å². The molecule has 1 atom stereocenters. The van der Waals surface area contributed by atoms with Crippen LogP contribution in [-0.4, -0.2) is 42.9 Å². The molecule has 0 unspecified atom stereocenters. The van der Waals surface area contributed by atoms with Gasteiger partial charge in [-0.15, -0.1) is 0 Å². The van der Waals surface area contributed by atoms with Gasteiger partial charge in [-0.05, 0) is 12.0 Å². The Morgan fingerprint density at radius 2 is 2.11 bits per heavy atom. The Morgan fingerprint density at radius 3 is 2.72 bits per heavy atom. The minimum absolute atomic E-state index is 0.265. The second kappa shape index (κ2) is 6.16. The summed E-state index contributed by atoms with van der Waals surface area (Å²) in [4.78, 5) is 2.10. The Morgan fingerprint density at radius 1 is 1.39 bits per heavy atom. The number of halogens is 1. The first-order valence-corrected chi connectivity index (χ1v) is 6.59. The summed E-state index contributed by atoms with van der Waals surface area (Å²) in [5, 5.41) is 13.5. The lowest BCUT2D eigenvalue weighted by atomic mass is 10.00. The number of para-hydroxylation sites is 1. The van der Waals surface area contributed by atoms with Gasteiger partial charge in [0.25, 0.3) is 0 Å². The molecule has 3 nitrogen and oxygen atoms in total. The molecule has 0 bridgehead atoms. The first kappa shape index (κ1) is 13.3. The summed E-state index contributed by atoms with van der Waals surface area (Å²) in [5.74, 6) is 0.265. The van der Waals surface area contributed by atoms with Crippen LogP contribution in [0.5, 0.6) is 5.75 Å². The number of rotatable bonds is 4. The van der Waals surface area contributed by atoms with Crippen molar-refractivity contribution in [1.29, 1.82) is 0 Å². The second-order valence-electron chi connectivity index (χ2n) is 4.66. The van der Waals surface area contributed by atoms with E-state index in [4.69, 9.17) is 0 Å². The Balaban J connectivity index is 2.26. The van der Waals surface area contributed by atoms with E-state index in [9.17, 15) is 9.50 Å². The molecule has 4 heteroatoms. The molecule has 0 amide bonds. The molecule has 100 valence electrons. The SMILES string of the molecule is CCc1cccc([C@@H](CF)N2CCNCC2)c1O. The number of hydrogen-bond acceptors (Lipinski definition) is 3. The van der Waals surface area contributed by atoms with Crippen molar-refractivity contribution in [2.24, 2.45) is 0 Å². The maximum Gasteiger partial charge on any atom is 0.123 e. The van der Waals surface area contributed by atoms with Gasteiger partial charge in [0.2, 0.25) is 0 Å². The lowest BCUT2D eigenvalue weighted by Gasteiger charge is -2.34. The van der Waals surface area contributed by atoms with Crippen LogP contribution < -0.4 is 5.32 Å². The number of alkyl halides is 1. The van der Waals surface area contributed by atoms with Gasteiger partial charge in [-0.25, -0.2) is 4.39 Å². The molecule has 0 aromatic heterocycles. The molecule has 0 aliphatic carbocycles.